The highest BCUT2D eigenvalue weighted by atomic mass is 35.5. The Kier molecular flexibility index (Phi) is 2.97. The van der Waals surface area contributed by atoms with Crippen LogP contribution in [-0.2, 0) is 11.2 Å². The summed E-state index contributed by atoms with van der Waals surface area (Å²) in [6.07, 6.45) is 4.54. The first-order chi connectivity index (χ1) is 9.76. The van der Waals surface area contributed by atoms with Gasteiger partial charge in [0.1, 0.15) is 11.6 Å². The van der Waals surface area contributed by atoms with Crippen LogP contribution in [0.25, 0.3) is 11.0 Å². The molecule has 2 fully saturated rings. The van der Waals surface area contributed by atoms with Gasteiger partial charge in [-0.1, -0.05) is 0 Å². The van der Waals surface area contributed by atoms with Gasteiger partial charge in [0.2, 0.25) is 0 Å². The van der Waals surface area contributed by atoms with E-state index in [2.05, 4.69) is 9.55 Å². The van der Waals surface area contributed by atoms with Gasteiger partial charge in [-0.15, -0.1) is 11.6 Å². The fourth-order valence-electron chi connectivity index (χ4n) is 3.63. The molecule has 0 saturated carbocycles. The Bertz CT molecular complexity index is 657. The van der Waals surface area contributed by atoms with E-state index in [0.29, 0.717) is 18.4 Å². The Balaban J connectivity index is 1.86. The van der Waals surface area contributed by atoms with Gasteiger partial charge < -0.3 is 9.30 Å². The van der Waals surface area contributed by atoms with E-state index in [4.69, 9.17) is 16.3 Å². The molecule has 4 rings (SSSR count). The molecule has 106 valence electrons. The lowest BCUT2D eigenvalue weighted by atomic mass is 9.95. The molecule has 3 heterocycles. The van der Waals surface area contributed by atoms with Crippen molar-refractivity contribution in [1.29, 1.82) is 0 Å². The summed E-state index contributed by atoms with van der Waals surface area (Å²) in [7, 11) is 0. The third-order valence-electron chi connectivity index (χ3n) is 4.45. The number of halogens is 2. The van der Waals surface area contributed by atoms with Crippen molar-refractivity contribution in [1.82, 2.24) is 9.55 Å². The number of imidazole rings is 1. The van der Waals surface area contributed by atoms with Gasteiger partial charge in [0.25, 0.3) is 0 Å². The van der Waals surface area contributed by atoms with Gasteiger partial charge in [-0.2, -0.15) is 0 Å². The molecule has 3 unspecified atom stereocenters. The smallest absolute Gasteiger partial charge is 0.125 e. The largest absolute Gasteiger partial charge is 0.373 e. The molecule has 1 aromatic carbocycles. The Morgan fingerprint density at radius 3 is 3.00 bits per heavy atom. The highest BCUT2D eigenvalue weighted by molar-refractivity contribution is 6.17. The third-order valence-corrected chi connectivity index (χ3v) is 4.64. The maximum atomic E-state index is 13.6. The molecule has 3 nitrogen and oxygen atoms in total. The lowest BCUT2D eigenvalue weighted by Crippen LogP contribution is -2.22. The van der Waals surface area contributed by atoms with E-state index in [0.717, 1.165) is 36.1 Å². The van der Waals surface area contributed by atoms with Crippen LogP contribution < -0.4 is 0 Å². The number of benzene rings is 1. The van der Waals surface area contributed by atoms with Gasteiger partial charge in [-0.25, -0.2) is 9.37 Å². The van der Waals surface area contributed by atoms with Crippen molar-refractivity contribution in [2.24, 2.45) is 0 Å². The van der Waals surface area contributed by atoms with Crippen molar-refractivity contribution in [3.63, 3.8) is 0 Å². The molecule has 1 aromatic heterocycles. The third kappa shape index (κ3) is 1.85. The maximum absolute atomic E-state index is 13.6. The Morgan fingerprint density at radius 2 is 2.30 bits per heavy atom. The van der Waals surface area contributed by atoms with Crippen LogP contribution in [0, 0.1) is 5.82 Å². The lowest BCUT2D eigenvalue weighted by Gasteiger charge is -2.23. The predicted octanol–water partition coefficient (Wildman–Crippen LogP) is 3.45. The van der Waals surface area contributed by atoms with E-state index in [1.165, 1.54) is 6.07 Å². The second kappa shape index (κ2) is 4.71. The van der Waals surface area contributed by atoms with Crippen molar-refractivity contribution in [3.8, 4) is 0 Å². The number of alkyl halides is 1. The molecule has 2 aromatic rings. The quantitative estimate of drug-likeness (QED) is 0.811. The summed E-state index contributed by atoms with van der Waals surface area (Å²) in [5, 5.41) is 0. The van der Waals surface area contributed by atoms with E-state index in [1.54, 1.807) is 12.1 Å². The van der Waals surface area contributed by atoms with Crippen molar-refractivity contribution in [3.05, 3.63) is 29.8 Å². The summed E-state index contributed by atoms with van der Waals surface area (Å²) in [4.78, 5) is 4.63. The lowest BCUT2D eigenvalue weighted by molar-refractivity contribution is 0.0940. The van der Waals surface area contributed by atoms with Gasteiger partial charge in [-0.3, -0.25) is 0 Å². The minimum atomic E-state index is -0.222. The van der Waals surface area contributed by atoms with Crippen molar-refractivity contribution >= 4 is 22.6 Å². The second-order valence-electron chi connectivity index (χ2n) is 5.65. The van der Waals surface area contributed by atoms with Crippen LogP contribution in [0.1, 0.15) is 31.1 Å². The van der Waals surface area contributed by atoms with Crippen LogP contribution in [0.15, 0.2) is 18.2 Å². The molecule has 2 aliphatic rings. The number of aryl methyl sites for hydroxylation is 1. The van der Waals surface area contributed by atoms with E-state index in [9.17, 15) is 4.39 Å². The molecule has 2 saturated heterocycles. The van der Waals surface area contributed by atoms with Crippen LogP contribution in [0.5, 0.6) is 0 Å². The normalized spacial score (nSPS) is 28.6. The Morgan fingerprint density at radius 1 is 1.40 bits per heavy atom. The highest BCUT2D eigenvalue weighted by Crippen LogP contribution is 2.43. The fourth-order valence-corrected chi connectivity index (χ4v) is 3.80. The van der Waals surface area contributed by atoms with E-state index in [1.807, 2.05) is 0 Å². The maximum Gasteiger partial charge on any atom is 0.125 e. The molecular formula is C15H16ClFN2O. The molecule has 0 amide bonds. The number of hydrogen-bond acceptors (Lipinski definition) is 2. The summed E-state index contributed by atoms with van der Waals surface area (Å²) in [5.41, 5.74) is 1.71. The number of hydrogen-bond donors (Lipinski definition) is 0. The fraction of sp³-hybridized carbons (Fsp3) is 0.533. The number of rotatable bonds is 3. The van der Waals surface area contributed by atoms with Crippen LogP contribution in [0.3, 0.4) is 0 Å². The minimum absolute atomic E-state index is 0.222. The summed E-state index contributed by atoms with van der Waals surface area (Å²) in [6.45, 7) is 0. The van der Waals surface area contributed by atoms with Crippen molar-refractivity contribution in [2.75, 3.05) is 5.88 Å². The number of fused-ring (bicyclic) bond motifs is 3. The Hall–Kier alpha value is -1.13. The zero-order valence-corrected chi connectivity index (χ0v) is 11.8. The molecule has 3 atom stereocenters. The first-order valence-electron chi connectivity index (χ1n) is 7.14. The van der Waals surface area contributed by atoms with Gasteiger partial charge in [-0.05, 0) is 37.5 Å². The molecule has 0 radical (unpaired) electrons. The zero-order valence-electron chi connectivity index (χ0n) is 11.1. The molecule has 20 heavy (non-hydrogen) atoms. The molecule has 0 aliphatic carbocycles. The summed E-state index contributed by atoms with van der Waals surface area (Å²) < 4.78 is 21.7. The molecule has 5 heteroatoms. The SMILES string of the molecule is Fc1ccc2nc(CCCl)n(C3CC4CCC3O4)c2c1. The van der Waals surface area contributed by atoms with Crippen LogP contribution in [-0.4, -0.2) is 27.6 Å². The standard InChI is InChI=1S/C15H16ClFN2O/c16-6-5-15-18-11-3-1-9(17)7-12(11)19(15)13-8-10-2-4-14(13)20-10/h1,3,7,10,13-14H,2,4-6,8H2. The molecule has 0 spiro atoms. The van der Waals surface area contributed by atoms with Crippen molar-refractivity contribution in [2.45, 2.75) is 43.9 Å². The second-order valence-corrected chi connectivity index (χ2v) is 6.02. The zero-order chi connectivity index (χ0) is 13.7. The summed E-state index contributed by atoms with van der Waals surface area (Å²) in [5.74, 6) is 1.25. The highest BCUT2D eigenvalue weighted by Gasteiger charge is 2.42. The number of nitrogens with zero attached hydrogens (tertiary/aromatic N) is 2. The monoisotopic (exact) mass is 294 g/mol. The molecule has 2 aliphatic heterocycles. The number of aromatic nitrogens is 2. The van der Waals surface area contributed by atoms with Crippen molar-refractivity contribution < 1.29 is 9.13 Å². The molecule has 0 N–H and O–H groups in total. The van der Waals surface area contributed by atoms with Gasteiger partial charge >= 0.3 is 0 Å². The van der Waals surface area contributed by atoms with Gasteiger partial charge in [0.05, 0.1) is 29.3 Å². The summed E-state index contributed by atoms with van der Waals surface area (Å²) in [6, 6.07) is 5.05. The van der Waals surface area contributed by atoms with Gasteiger partial charge in [0.15, 0.2) is 0 Å². The first kappa shape index (κ1) is 12.6. The van der Waals surface area contributed by atoms with E-state index in [-0.39, 0.29) is 18.0 Å². The molecular weight excluding hydrogens is 279 g/mol. The van der Waals surface area contributed by atoms with Crippen LogP contribution in [0.2, 0.25) is 0 Å². The first-order valence-corrected chi connectivity index (χ1v) is 7.67. The van der Waals surface area contributed by atoms with E-state index >= 15 is 0 Å². The topological polar surface area (TPSA) is 27.1 Å². The van der Waals surface area contributed by atoms with E-state index < -0.39 is 0 Å². The summed E-state index contributed by atoms with van der Waals surface area (Å²) >= 11 is 5.89. The number of ether oxygens (including phenoxy) is 1. The van der Waals surface area contributed by atoms with Crippen LogP contribution in [0.4, 0.5) is 4.39 Å². The molecule has 2 bridgehead atoms. The predicted molar refractivity (Wildman–Crippen MR) is 75.7 cm³/mol. The Labute approximate surface area is 121 Å². The minimum Gasteiger partial charge on any atom is -0.373 e. The van der Waals surface area contributed by atoms with Gasteiger partial charge in [0, 0.05) is 12.3 Å². The van der Waals surface area contributed by atoms with Crippen LogP contribution >= 0.6 is 11.6 Å². The average Bonchev–Trinajstić information content (AvgIpc) is 3.11. The average molecular weight is 295 g/mol.